The molecule has 0 aromatic carbocycles. The lowest BCUT2D eigenvalue weighted by Gasteiger charge is -1.93. The Bertz CT molecular complexity index is 285. The van der Waals surface area contributed by atoms with Gasteiger partial charge in [0.1, 0.15) is 9.88 Å². The summed E-state index contributed by atoms with van der Waals surface area (Å²) in [5, 5.41) is 0.885. The standard InChI is InChI=1S/C7H8BrNO2S/c1-4(8)6-9-3-5(12-6)7(10)11-2/h3-4H,1-2H3. The fourth-order valence-corrected chi connectivity index (χ4v) is 1.83. The molecule has 0 fully saturated rings. The molecule has 1 heterocycles. The Morgan fingerprint density at radius 1 is 1.83 bits per heavy atom. The van der Waals surface area contributed by atoms with E-state index in [-0.39, 0.29) is 10.8 Å². The average Bonchev–Trinajstić information content (AvgIpc) is 2.51. The van der Waals surface area contributed by atoms with Crippen LogP contribution in [-0.4, -0.2) is 18.1 Å². The molecule has 0 amide bonds. The summed E-state index contributed by atoms with van der Waals surface area (Å²) < 4.78 is 4.55. The lowest BCUT2D eigenvalue weighted by Crippen LogP contribution is -1.96. The second-order valence-corrected chi connectivity index (χ2v) is 4.61. The highest BCUT2D eigenvalue weighted by atomic mass is 79.9. The van der Waals surface area contributed by atoms with Crippen LogP contribution in [0, 0.1) is 0 Å². The van der Waals surface area contributed by atoms with Gasteiger partial charge in [-0.05, 0) is 6.92 Å². The fraction of sp³-hybridized carbons (Fsp3) is 0.429. The van der Waals surface area contributed by atoms with Gasteiger partial charge in [0.25, 0.3) is 0 Å². The third kappa shape index (κ3) is 2.04. The predicted octanol–water partition coefficient (Wildman–Crippen LogP) is 2.39. The molecule has 0 N–H and O–H groups in total. The second kappa shape index (κ2) is 4.00. The number of ether oxygens (including phenoxy) is 1. The Morgan fingerprint density at radius 3 is 2.92 bits per heavy atom. The van der Waals surface area contributed by atoms with Crippen molar-refractivity contribution in [1.82, 2.24) is 4.98 Å². The first-order chi connectivity index (χ1) is 5.65. The summed E-state index contributed by atoms with van der Waals surface area (Å²) in [4.78, 5) is 15.8. The van der Waals surface area contributed by atoms with Gasteiger partial charge in [-0.15, -0.1) is 11.3 Å². The van der Waals surface area contributed by atoms with Crippen LogP contribution in [0.5, 0.6) is 0 Å². The van der Waals surface area contributed by atoms with Gasteiger partial charge in [0.15, 0.2) is 0 Å². The Hall–Kier alpha value is -0.420. The minimum atomic E-state index is -0.327. The van der Waals surface area contributed by atoms with Crippen molar-refractivity contribution in [2.45, 2.75) is 11.8 Å². The summed E-state index contributed by atoms with van der Waals surface area (Å²) in [6.45, 7) is 1.96. The molecule has 1 rings (SSSR count). The SMILES string of the molecule is COC(=O)c1cnc(C(C)Br)s1. The van der Waals surface area contributed by atoms with Gasteiger partial charge in [0.05, 0.1) is 18.1 Å². The third-order valence-electron chi connectivity index (χ3n) is 1.25. The molecule has 0 bridgehead atoms. The molecule has 0 spiro atoms. The molecular formula is C7H8BrNO2S. The highest BCUT2D eigenvalue weighted by molar-refractivity contribution is 9.09. The van der Waals surface area contributed by atoms with E-state index in [1.165, 1.54) is 24.6 Å². The first-order valence-electron chi connectivity index (χ1n) is 3.33. The fourth-order valence-electron chi connectivity index (χ4n) is 0.666. The number of rotatable bonds is 2. The van der Waals surface area contributed by atoms with Crippen molar-refractivity contribution >= 4 is 33.2 Å². The summed E-state index contributed by atoms with van der Waals surface area (Å²) in [7, 11) is 1.36. The van der Waals surface area contributed by atoms with E-state index in [0.29, 0.717) is 4.88 Å². The lowest BCUT2D eigenvalue weighted by molar-refractivity contribution is 0.0606. The van der Waals surface area contributed by atoms with Crippen molar-refractivity contribution in [3.63, 3.8) is 0 Å². The van der Waals surface area contributed by atoms with Crippen LogP contribution in [0.15, 0.2) is 6.20 Å². The topological polar surface area (TPSA) is 39.2 Å². The van der Waals surface area contributed by atoms with Gasteiger partial charge in [-0.3, -0.25) is 0 Å². The van der Waals surface area contributed by atoms with Gasteiger partial charge in [-0.1, -0.05) is 15.9 Å². The van der Waals surface area contributed by atoms with Gasteiger partial charge >= 0.3 is 5.97 Å². The van der Waals surface area contributed by atoms with Gasteiger partial charge in [0.2, 0.25) is 0 Å². The molecule has 12 heavy (non-hydrogen) atoms. The first kappa shape index (κ1) is 9.67. The summed E-state index contributed by atoms with van der Waals surface area (Å²) >= 11 is 4.70. The van der Waals surface area contributed by atoms with Gasteiger partial charge in [-0.2, -0.15) is 0 Å². The van der Waals surface area contributed by atoms with Crippen LogP contribution in [0.3, 0.4) is 0 Å². The maximum atomic E-state index is 11.0. The van der Waals surface area contributed by atoms with Gasteiger partial charge < -0.3 is 4.74 Å². The van der Waals surface area contributed by atoms with Crippen LogP contribution in [0.2, 0.25) is 0 Å². The van der Waals surface area contributed by atoms with Crippen LogP contribution in [0.4, 0.5) is 0 Å². The summed E-state index contributed by atoms with van der Waals surface area (Å²) in [5.41, 5.74) is 0. The minimum absolute atomic E-state index is 0.181. The van der Waals surface area contributed by atoms with E-state index in [0.717, 1.165) is 5.01 Å². The number of esters is 1. The van der Waals surface area contributed by atoms with Gasteiger partial charge in [0, 0.05) is 0 Å². The van der Waals surface area contributed by atoms with E-state index in [9.17, 15) is 4.79 Å². The van der Waals surface area contributed by atoms with Crippen LogP contribution < -0.4 is 0 Å². The first-order valence-corrected chi connectivity index (χ1v) is 5.06. The Morgan fingerprint density at radius 2 is 2.50 bits per heavy atom. The molecule has 0 aliphatic heterocycles. The van der Waals surface area contributed by atoms with E-state index < -0.39 is 0 Å². The van der Waals surface area contributed by atoms with Crippen LogP contribution in [-0.2, 0) is 4.74 Å². The zero-order chi connectivity index (χ0) is 9.14. The molecule has 0 aliphatic carbocycles. The third-order valence-corrected chi connectivity index (χ3v) is 3.15. The van der Waals surface area contributed by atoms with Crippen LogP contribution in [0.25, 0.3) is 0 Å². The van der Waals surface area contributed by atoms with E-state index in [2.05, 4.69) is 25.7 Å². The van der Waals surface area contributed by atoms with Crippen molar-refractivity contribution < 1.29 is 9.53 Å². The zero-order valence-corrected chi connectivity index (χ0v) is 9.11. The number of halogens is 1. The van der Waals surface area contributed by atoms with Crippen molar-refractivity contribution in [3.8, 4) is 0 Å². The molecule has 0 saturated carbocycles. The maximum Gasteiger partial charge on any atom is 0.349 e. The van der Waals surface area contributed by atoms with Crippen LogP contribution >= 0.6 is 27.3 Å². The number of carbonyl (C=O) groups excluding carboxylic acids is 1. The summed E-state index contributed by atoms with van der Waals surface area (Å²) in [6.07, 6.45) is 1.53. The molecule has 1 aromatic rings. The average molecular weight is 250 g/mol. The molecule has 0 aliphatic rings. The number of nitrogens with zero attached hydrogens (tertiary/aromatic N) is 1. The normalized spacial score (nSPS) is 12.6. The number of methoxy groups -OCH3 is 1. The van der Waals surface area contributed by atoms with E-state index in [1.54, 1.807) is 0 Å². The number of hydrogen-bond donors (Lipinski definition) is 0. The van der Waals surface area contributed by atoms with E-state index in [1.807, 2.05) is 6.92 Å². The Balaban J connectivity index is 2.84. The number of alkyl halides is 1. The summed E-state index contributed by atoms with van der Waals surface area (Å²) in [6, 6.07) is 0. The van der Waals surface area contributed by atoms with Crippen molar-refractivity contribution in [2.75, 3.05) is 7.11 Å². The highest BCUT2D eigenvalue weighted by Gasteiger charge is 2.12. The Kier molecular flexibility index (Phi) is 3.22. The number of carbonyl (C=O) groups is 1. The second-order valence-electron chi connectivity index (χ2n) is 2.17. The van der Waals surface area contributed by atoms with Crippen molar-refractivity contribution in [1.29, 1.82) is 0 Å². The number of aromatic nitrogens is 1. The van der Waals surface area contributed by atoms with Crippen molar-refractivity contribution in [3.05, 3.63) is 16.1 Å². The highest BCUT2D eigenvalue weighted by Crippen LogP contribution is 2.26. The molecule has 0 radical (unpaired) electrons. The van der Waals surface area contributed by atoms with Gasteiger partial charge in [-0.25, -0.2) is 9.78 Å². The molecule has 1 aromatic heterocycles. The van der Waals surface area contributed by atoms with E-state index >= 15 is 0 Å². The molecule has 1 atom stereocenters. The monoisotopic (exact) mass is 249 g/mol. The maximum absolute atomic E-state index is 11.0. The minimum Gasteiger partial charge on any atom is -0.465 e. The lowest BCUT2D eigenvalue weighted by atomic mass is 10.5. The zero-order valence-electron chi connectivity index (χ0n) is 6.70. The summed E-state index contributed by atoms with van der Waals surface area (Å²) in [5.74, 6) is -0.327. The largest absolute Gasteiger partial charge is 0.465 e. The molecule has 66 valence electrons. The number of thiazole rings is 1. The Labute approximate surface area is 82.9 Å². The van der Waals surface area contributed by atoms with Crippen LogP contribution in [0.1, 0.15) is 26.4 Å². The predicted molar refractivity (Wildman–Crippen MR) is 50.8 cm³/mol. The molecule has 0 saturated heterocycles. The quantitative estimate of drug-likeness (QED) is 0.597. The molecular weight excluding hydrogens is 242 g/mol. The molecule has 3 nitrogen and oxygen atoms in total. The number of hydrogen-bond acceptors (Lipinski definition) is 4. The van der Waals surface area contributed by atoms with E-state index in [4.69, 9.17) is 0 Å². The smallest absolute Gasteiger partial charge is 0.349 e. The van der Waals surface area contributed by atoms with Crippen molar-refractivity contribution in [2.24, 2.45) is 0 Å². The molecule has 1 unspecified atom stereocenters. The molecule has 5 heteroatoms.